The van der Waals surface area contributed by atoms with Gasteiger partial charge in [0.1, 0.15) is 13.2 Å². The molecule has 8 heteroatoms. The molecule has 0 fully saturated rings. The van der Waals surface area contributed by atoms with Gasteiger partial charge in [-0.25, -0.2) is 4.79 Å². The average Bonchev–Trinajstić information content (AvgIpc) is 2.65. The van der Waals surface area contributed by atoms with Gasteiger partial charge in [0, 0.05) is 12.1 Å². The molecule has 0 unspecified atom stereocenters. The topological polar surface area (TPSA) is 107 Å². The summed E-state index contributed by atoms with van der Waals surface area (Å²) < 4.78 is 9.96. The van der Waals surface area contributed by atoms with E-state index in [1.54, 1.807) is 20.8 Å². The lowest BCUT2D eigenvalue weighted by Crippen LogP contribution is -2.26. The second-order valence-corrected chi connectivity index (χ2v) is 4.92. The molecule has 0 radical (unpaired) electrons. The van der Waals surface area contributed by atoms with E-state index in [0.717, 1.165) is 12.1 Å². The van der Waals surface area contributed by atoms with E-state index in [0.29, 0.717) is 4.73 Å². The summed E-state index contributed by atoms with van der Waals surface area (Å²) in [4.78, 5) is 27.1. The molecule has 112 valence electrons. The van der Waals surface area contributed by atoms with Crippen LogP contribution in [-0.2, 0) is 14.3 Å². The van der Waals surface area contributed by atoms with Crippen molar-refractivity contribution in [3.8, 4) is 11.8 Å². The summed E-state index contributed by atoms with van der Waals surface area (Å²) in [6, 6.07) is 2.27. The normalized spacial score (nSPS) is 10.9. The van der Waals surface area contributed by atoms with Gasteiger partial charge in [0.2, 0.25) is 11.8 Å². The van der Waals surface area contributed by atoms with Gasteiger partial charge in [0.25, 0.3) is 0 Å². The zero-order valence-corrected chi connectivity index (χ0v) is 11.5. The van der Waals surface area contributed by atoms with E-state index in [1.807, 2.05) is 0 Å². The molecule has 20 heavy (non-hydrogen) atoms. The molecular formula is C12H17NO7. The molecule has 0 atom stereocenters. The summed E-state index contributed by atoms with van der Waals surface area (Å²) >= 11 is 0. The van der Waals surface area contributed by atoms with Gasteiger partial charge in [-0.05, 0) is 20.8 Å². The molecule has 0 aromatic carbocycles. The highest BCUT2D eigenvalue weighted by Crippen LogP contribution is 2.18. The van der Waals surface area contributed by atoms with Crippen molar-refractivity contribution in [3.63, 3.8) is 0 Å². The monoisotopic (exact) mass is 287 g/mol. The van der Waals surface area contributed by atoms with Crippen molar-refractivity contribution >= 4 is 12.1 Å². The molecule has 0 saturated heterocycles. The average molecular weight is 287 g/mol. The van der Waals surface area contributed by atoms with Crippen molar-refractivity contribution in [2.24, 2.45) is 5.41 Å². The highest BCUT2D eigenvalue weighted by atomic mass is 16.8. The number of aromatic nitrogens is 1. The zero-order chi connectivity index (χ0) is 15.3. The Morgan fingerprint density at radius 1 is 1.10 bits per heavy atom. The Hall–Kier alpha value is -2.38. The number of aromatic hydroxyl groups is 2. The summed E-state index contributed by atoms with van der Waals surface area (Å²) in [7, 11) is 0. The predicted molar refractivity (Wildman–Crippen MR) is 66.1 cm³/mol. The van der Waals surface area contributed by atoms with Crippen molar-refractivity contribution in [3.05, 3.63) is 12.1 Å². The van der Waals surface area contributed by atoms with Crippen molar-refractivity contribution in [2.75, 3.05) is 13.2 Å². The lowest BCUT2D eigenvalue weighted by Gasteiger charge is -2.16. The quantitative estimate of drug-likeness (QED) is 0.629. The second-order valence-electron chi connectivity index (χ2n) is 4.92. The van der Waals surface area contributed by atoms with Gasteiger partial charge in [0.05, 0.1) is 5.41 Å². The molecule has 8 nitrogen and oxygen atoms in total. The molecule has 1 rings (SSSR count). The fourth-order valence-corrected chi connectivity index (χ4v) is 1.07. The predicted octanol–water partition coefficient (Wildman–Crippen LogP) is 1.05. The van der Waals surface area contributed by atoms with Crippen molar-refractivity contribution in [1.82, 2.24) is 4.73 Å². The molecule has 0 saturated carbocycles. The van der Waals surface area contributed by atoms with E-state index < -0.39 is 29.3 Å². The van der Waals surface area contributed by atoms with Crippen LogP contribution in [0.2, 0.25) is 0 Å². The maximum absolute atomic E-state index is 11.4. The van der Waals surface area contributed by atoms with Gasteiger partial charge in [-0.2, -0.15) is 0 Å². The van der Waals surface area contributed by atoms with Crippen molar-refractivity contribution in [2.45, 2.75) is 20.8 Å². The van der Waals surface area contributed by atoms with Crippen LogP contribution in [0.25, 0.3) is 0 Å². The first kappa shape index (κ1) is 15.7. The number of ether oxygens (including phenoxy) is 2. The van der Waals surface area contributed by atoms with E-state index in [1.165, 1.54) is 0 Å². The van der Waals surface area contributed by atoms with Gasteiger partial charge < -0.3 is 19.7 Å². The minimum atomic E-state index is -1.15. The van der Waals surface area contributed by atoms with E-state index in [9.17, 15) is 19.8 Å². The fraction of sp³-hybridized carbons (Fsp3) is 0.500. The van der Waals surface area contributed by atoms with E-state index in [2.05, 4.69) is 9.57 Å². The molecule has 0 bridgehead atoms. The summed E-state index contributed by atoms with van der Waals surface area (Å²) in [5.74, 6) is -1.34. The van der Waals surface area contributed by atoms with Gasteiger partial charge >= 0.3 is 12.1 Å². The van der Waals surface area contributed by atoms with Crippen LogP contribution in [0, 0.1) is 5.41 Å². The molecule has 1 heterocycles. The highest BCUT2D eigenvalue weighted by molar-refractivity contribution is 5.75. The molecule has 0 aliphatic rings. The molecule has 1 aromatic rings. The molecule has 0 amide bonds. The van der Waals surface area contributed by atoms with E-state index in [-0.39, 0.29) is 13.2 Å². The maximum atomic E-state index is 11.4. The molecule has 2 N–H and O–H groups in total. The minimum Gasteiger partial charge on any atom is -0.492 e. The number of nitrogens with zero attached hydrogens (tertiary/aromatic N) is 1. The summed E-state index contributed by atoms with van der Waals surface area (Å²) in [5, 5.41) is 18.4. The molecule has 0 aliphatic carbocycles. The van der Waals surface area contributed by atoms with Crippen LogP contribution in [0.3, 0.4) is 0 Å². The molecule has 0 spiro atoms. The first-order valence-electron chi connectivity index (χ1n) is 5.84. The summed E-state index contributed by atoms with van der Waals surface area (Å²) in [6.07, 6.45) is -1.15. The fourth-order valence-electron chi connectivity index (χ4n) is 1.07. The summed E-state index contributed by atoms with van der Waals surface area (Å²) in [6.45, 7) is 4.77. The number of esters is 1. The highest BCUT2D eigenvalue weighted by Gasteiger charge is 2.23. The Kier molecular flexibility index (Phi) is 4.84. The minimum absolute atomic E-state index is 0.116. The van der Waals surface area contributed by atoms with Gasteiger partial charge in [0.15, 0.2) is 0 Å². The standard InChI is InChI=1S/C12H17NO7/c1-12(2,3)10(16)18-6-7-19-11(17)20-13-8(14)4-5-9(13)15/h4-5,14-15H,6-7H2,1-3H3. The van der Waals surface area contributed by atoms with Crippen LogP contribution < -0.4 is 4.84 Å². The van der Waals surface area contributed by atoms with Gasteiger partial charge in [-0.3, -0.25) is 9.63 Å². The van der Waals surface area contributed by atoms with Crippen LogP contribution >= 0.6 is 0 Å². The lowest BCUT2D eigenvalue weighted by atomic mass is 9.97. The Morgan fingerprint density at radius 2 is 1.60 bits per heavy atom. The number of carbonyl (C=O) groups is 2. The van der Waals surface area contributed by atoms with Crippen molar-refractivity contribution in [1.29, 1.82) is 0 Å². The van der Waals surface area contributed by atoms with Crippen molar-refractivity contribution < 1.29 is 34.1 Å². The third-order valence-electron chi connectivity index (χ3n) is 2.11. The Labute approximate surface area is 115 Å². The number of hydrogen-bond donors (Lipinski definition) is 2. The zero-order valence-electron chi connectivity index (χ0n) is 11.5. The third-order valence-corrected chi connectivity index (χ3v) is 2.11. The van der Waals surface area contributed by atoms with E-state index >= 15 is 0 Å². The second kappa shape index (κ2) is 6.18. The molecular weight excluding hydrogens is 270 g/mol. The number of carbonyl (C=O) groups excluding carboxylic acids is 2. The first-order chi connectivity index (χ1) is 9.21. The largest absolute Gasteiger partial charge is 0.534 e. The Bertz CT molecular complexity index is 467. The van der Waals surface area contributed by atoms with E-state index in [4.69, 9.17) is 4.74 Å². The molecule has 1 aromatic heterocycles. The van der Waals surface area contributed by atoms with Crippen LogP contribution in [-0.4, -0.2) is 40.3 Å². The molecule has 0 aliphatic heterocycles. The smallest absolute Gasteiger partial charge is 0.492 e. The van der Waals surface area contributed by atoms with Gasteiger partial charge in [-0.15, -0.1) is 4.73 Å². The maximum Gasteiger partial charge on any atom is 0.534 e. The van der Waals surface area contributed by atoms with Crippen LogP contribution in [0.5, 0.6) is 11.8 Å². The van der Waals surface area contributed by atoms with Crippen LogP contribution in [0.15, 0.2) is 12.1 Å². The van der Waals surface area contributed by atoms with Crippen LogP contribution in [0.4, 0.5) is 4.79 Å². The number of hydrogen-bond acceptors (Lipinski definition) is 7. The SMILES string of the molecule is CC(C)(C)C(=O)OCCOC(=O)On1c(O)ccc1O. The lowest BCUT2D eigenvalue weighted by molar-refractivity contribution is -0.154. The Morgan fingerprint density at radius 3 is 2.10 bits per heavy atom. The van der Waals surface area contributed by atoms with Crippen LogP contribution in [0.1, 0.15) is 20.8 Å². The Balaban J connectivity index is 2.30. The third kappa shape index (κ3) is 4.38. The van der Waals surface area contributed by atoms with Gasteiger partial charge in [-0.1, -0.05) is 0 Å². The summed E-state index contributed by atoms with van der Waals surface area (Å²) in [5.41, 5.74) is -0.636. The number of rotatable bonds is 4. The first-order valence-corrected chi connectivity index (χ1v) is 5.84.